The summed E-state index contributed by atoms with van der Waals surface area (Å²) in [7, 11) is 0. The zero-order valence-electron chi connectivity index (χ0n) is 15.8. The molecule has 0 spiro atoms. The minimum Gasteiger partial charge on any atom is -0.457 e. The average Bonchev–Trinajstić information content (AvgIpc) is 2.76. The van der Waals surface area contributed by atoms with Crippen LogP contribution in [0.2, 0.25) is 0 Å². The SMILES string of the molecule is N#Cc1ccc(Oc2ccc(CC(=O)Nc3ccnc4c(F)cccc34)cc2)cc1. The molecular formula is C24H16FN3O2. The van der Waals surface area contributed by atoms with E-state index >= 15 is 0 Å². The number of nitriles is 1. The van der Waals surface area contributed by atoms with Crippen molar-refractivity contribution < 1.29 is 13.9 Å². The minimum absolute atomic E-state index is 0.163. The molecule has 1 N–H and O–H groups in total. The number of aromatic nitrogens is 1. The molecule has 0 atom stereocenters. The predicted octanol–water partition coefficient (Wildman–Crippen LogP) is 5.22. The van der Waals surface area contributed by atoms with E-state index in [0.29, 0.717) is 28.1 Å². The number of amides is 1. The molecule has 0 aliphatic heterocycles. The van der Waals surface area contributed by atoms with E-state index in [1.54, 1.807) is 54.6 Å². The highest BCUT2D eigenvalue weighted by Crippen LogP contribution is 2.24. The monoisotopic (exact) mass is 397 g/mol. The summed E-state index contributed by atoms with van der Waals surface area (Å²) in [5.74, 6) is 0.602. The fraction of sp³-hybridized carbons (Fsp3) is 0.0417. The van der Waals surface area contributed by atoms with Crippen molar-refractivity contribution >= 4 is 22.5 Å². The van der Waals surface area contributed by atoms with E-state index in [2.05, 4.69) is 16.4 Å². The van der Waals surface area contributed by atoms with Gasteiger partial charge in [0.25, 0.3) is 0 Å². The van der Waals surface area contributed by atoms with Crippen LogP contribution in [-0.4, -0.2) is 10.9 Å². The Bertz CT molecular complexity index is 1250. The molecule has 0 aliphatic rings. The second-order valence-electron chi connectivity index (χ2n) is 6.60. The summed E-state index contributed by atoms with van der Waals surface area (Å²) in [6, 6.07) is 22.3. The van der Waals surface area contributed by atoms with Gasteiger partial charge in [0.15, 0.2) is 0 Å². The molecule has 1 aromatic heterocycles. The minimum atomic E-state index is -0.429. The molecule has 1 heterocycles. The van der Waals surface area contributed by atoms with Gasteiger partial charge in [-0.25, -0.2) is 4.39 Å². The Morgan fingerprint density at radius 1 is 1.00 bits per heavy atom. The van der Waals surface area contributed by atoms with Gasteiger partial charge in [0.05, 0.1) is 23.7 Å². The zero-order valence-corrected chi connectivity index (χ0v) is 15.8. The number of hydrogen-bond donors (Lipinski definition) is 1. The number of pyridine rings is 1. The molecule has 4 aromatic rings. The lowest BCUT2D eigenvalue weighted by Gasteiger charge is -2.09. The zero-order chi connectivity index (χ0) is 20.9. The first kappa shape index (κ1) is 19.1. The van der Waals surface area contributed by atoms with E-state index < -0.39 is 5.82 Å². The van der Waals surface area contributed by atoms with Gasteiger partial charge in [-0.2, -0.15) is 5.26 Å². The molecule has 3 aromatic carbocycles. The maximum absolute atomic E-state index is 13.9. The molecule has 0 radical (unpaired) electrons. The summed E-state index contributed by atoms with van der Waals surface area (Å²) in [6.45, 7) is 0. The molecule has 0 aliphatic carbocycles. The van der Waals surface area contributed by atoms with Crippen LogP contribution in [0.25, 0.3) is 10.9 Å². The molecule has 0 saturated heterocycles. The van der Waals surface area contributed by atoms with E-state index in [4.69, 9.17) is 10.00 Å². The maximum Gasteiger partial charge on any atom is 0.228 e. The van der Waals surface area contributed by atoms with E-state index in [0.717, 1.165) is 5.56 Å². The van der Waals surface area contributed by atoms with Crippen molar-refractivity contribution in [3.05, 3.63) is 95.9 Å². The molecule has 0 unspecified atom stereocenters. The molecule has 4 rings (SSSR count). The van der Waals surface area contributed by atoms with Crippen LogP contribution >= 0.6 is 0 Å². The number of halogens is 1. The first-order chi connectivity index (χ1) is 14.6. The summed E-state index contributed by atoms with van der Waals surface area (Å²) >= 11 is 0. The summed E-state index contributed by atoms with van der Waals surface area (Å²) in [4.78, 5) is 16.5. The van der Waals surface area contributed by atoms with Gasteiger partial charge in [-0.3, -0.25) is 9.78 Å². The van der Waals surface area contributed by atoms with Crippen molar-refractivity contribution in [3.8, 4) is 17.6 Å². The second-order valence-corrected chi connectivity index (χ2v) is 6.60. The van der Waals surface area contributed by atoms with Crippen molar-refractivity contribution in [1.82, 2.24) is 4.98 Å². The average molecular weight is 397 g/mol. The molecule has 0 fully saturated rings. The maximum atomic E-state index is 13.9. The third-order valence-electron chi connectivity index (χ3n) is 4.50. The Balaban J connectivity index is 1.41. The lowest BCUT2D eigenvalue weighted by molar-refractivity contribution is -0.115. The Hall–Kier alpha value is -4.24. The van der Waals surface area contributed by atoms with Crippen molar-refractivity contribution in [3.63, 3.8) is 0 Å². The molecule has 0 bridgehead atoms. The van der Waals surface area contributed by atoms with Crippen LogP contribution in [0.3, 0.4) is 0 Å². The van der Waals surface area contributed by atoms with Gasteiger partial charge < -0.3 is 10.1 Å². The number of ether oxygens (including phenoxy) is 1. The highest BCUT2D eigenvalue weighted by Gasteiger charge is 2.10. The van der Waals surface area contributed by atoms with Crippen molar-refractivity contribution in [2.45, 2.75) is 6.42 Å². The van der Waals surface area contributed by atoms with Crippen LogP contribution in [0.4, 0.5) is 10.1 Å². The topological polar surface area (TPSA) is 75.0 Å². The smallest absolute Gasteiger partial charge is 0.228 e. The molecule has 1 amide bonds. The fourth-order valence-electron chi connectivity index (χ4n) is 3.04. The Kier molecular flexibility index (Phi) is 5.35. The summed E-state index contributed by atoms with van der Waals surface area (Å²) < 4.78 is 19.6. The summed E-state index contributed by atoms with van der Waals surface area (Å²) in [5.41, 5.74) is 2.11. The number of nitrogens with one attached hydrogen (secondary N) is 1. The van der Waals surface area contributed by atoms with Gasteiger partial charge in [-0.15, -0.1) is 0 Å². The first-order valence-electron chi connectivity index (χ1n) is 9.22. The van der Waals surface area contributed by atoms with Gasteiger partial charge >= 0.3 is 0 Å². The fourth-order valence-corrected chi connectivity index (χ4v) is 3.04. The molecular weight excluding hydrogens is 381 g/mol. The van der Waals surface area contributed by atoms with Gasteiger partial charge in [-0.05, 0) is 54.1 Å². The number of fused-ring (bicyclic) bond motifs is 1. The van der Waals surface area contributed by atoms with Gasteiger partial charge in [0.2, 0.25) is 5.91 Å². The number of benzene rings is 3. The number of anilines is 1. The molecule has 0 saturated carbocycles. The van der Waals surface area contributed by atoms with E-state index in [-0.39, 0.29) is 17.8 Å². The van der Waals surface area contributed by atoms with Crippen LogP contribution in [0.1, 0.15) is 11.1 Å². The van der Waals surface area contributed by atoms with Gasteiger partial charge in [0.1, 0.15) is 22.8 Å². The Morgan fingerprint density at radius 3 is 2.40 bits per heavy atom. The van der Waals surface area contributed by atoms with Crippen molar-refractivity contribution in [1.29, 1.82) is 5.26 Å². The van der Waals surface area contributed by atoms with Crippen molar-refractivity contribution in [2.24, 2.45) is 0 Å². The predicted molar refractivity (Wildman–Crippen MR) is 112 cm³/mol. The Labute approximate surface area is 172 Å². The molecule has 146 valence electrons. The number of hydrogen-bond acceptors (Lipinski definition) is 4. The van der Waals surface area contributed by atoms with E-state index in [9.17, 15) is 9.18 Å². The molecule has 30 heavy (non-hydrogen) atoms. The first-order valence-corrected chi connectivity index (χ1v) is 9.22. The third-order valence-corrected chi connectivity index (χ3v) is 4.50. The largest absolute Gasteiger partial charge is 0.457 e. The lowest BCUT2D eigenvalue weighted by atomic mass is 10.1. The van der Waals surface area contributed by atoms with Crippen LogP contribution < -0.4 is 10.1 Å². The highest BCUT2D eigenvalue weighted by molar-refractivity contribution is 6.01. The number of nitrogens with zero attached hydrogens (tertiary/aromatic N) is 2. The van der Waals surface area contributed by atoms with Crippen LogP contribution in [0, 0.1) is 17.1 Å². The Morgan fingerprint density at radius 2 is 1.70 bits per heavy atom. The second kappa shape index (κ2) is 8.41. The highest BCUT2D eigenvalue weighted by atomic mass is 19.1. The van der Waals surface area contributed by atoms with Gasteiger partial charge in [0, 0.05) is 11.6 Å². The van der Waals surface area contributed by atoms with Crippen LogP contribution in [0.5, 0.6) is 11.5 Å². The van der Waals surface area contributed by atoms with E-state index in [1.165, 1.54) is 12.3 Å². The van der Waals surface area contributed by atoms with Crippen LogP contribution in [0.15, 0.2) is 79.0 Å². The number of para-hydroxylation sites is 1. The van der Waals surface area contributed by atoms with Crippen molar-refractivity contribution in [2.75, 3.05) is 5.32 Å². The normalized spacial score (nSPS) is 10.4. The van der Waals surface area contributed by atoms with Gasteiger partial charge in [-0.1, -0.05) is 24.3 Å². The van der Waals surface area contributed by atoms with E-state index in [1.807, 2.05) is 12.1 Å². The molecule has 5 nitrogen and oxygen atoms in total. The summed E-state index contributed by atoms with van der Waals surface area (Å²) in [6.07, 6.45) is 1.63. The molecule has 6 heteroatoms. The summed E-state index contributed by atoms with van der Waals surface area (Å²) in [5, 5.41) is 12.2. The quantitative estimate of drug-likeness (QED) is 0.501. The number of carbonyl (C=O) groups excluding carboxylic acids is 1. The standard InChI is InChI=1S/C24H16FN3O2/c25-21-3-1-2-20-22(12-13-27-24(20)21)28-23(29)14-16-4-8-18(9-5-16)30-19-10-6-17(15-26)7-11-19/h1-13H,14H2,(H,27,28,29). The van der Waals surface area contributed by atoms with Crippen LogP contribution in [-0.2, 0) is 11.2 Å². The third kappa shape index (κ3) is 4.26. The lowest BCUT2D eigenvalue weighted by Crippen LogP contribution is -2.14. The number of rotatable bonds is 5. The number of carbonyl (C=O) groups is 1.